The van der Waals surface area contributed by atoms with Crippen LogP contribution in [0.15, 0.2) is 0 Å². The summed E-state index contributed by atoms with van der Waals surface area (Å²) in [5.74, 6) is 0.538. The minimum Gasteiger partial charge on any atom is -0.378 e. The number of hydrogen-bond acceptors (Lipinski definition) is 3. The Morgan fingerprint density at radius 3 is 2.50 bits per heavy atom. The van der Waals surface area contributed by atoms with Gasteiger partial charge >= 0.3 is 0 Å². The third-order valence-corrected chi connectivity index (χ3v) is 4.69. The van der Waals surface area contributed by atoms with Crippen LogP contribution in [0.1, 0.15) is 25.7 Å². The molecule has 0 atom stereocenters. The number of amides is 2. The number of nitrogens with zero attached hydrogens (tertiary/aromatic N) is 1. The average Bonchev–Trinajstić information content (AvgIpc) is 2.31. The van der Waals surface area contributed by atoms with Crippen LogP contribution in [-0.2, 0) is 14.3 Å². The second-order valence-corrected chi connectivity index (χ2v) is 5.93. The summed E-state index contributed by atoms with van der Waals surface area (Å²) in [6, 6.07) is 0.349. The molecular weight excluding hydrogens is 232 g/mol. The Hall–Kier alpha value is -1.10. The lowest BCUT2D eigenvalue weighted by atomic mass is 9.50. The van der Waals surface area contributed by atoms with Crippen LogP contribution in [-0.4, -0.2) is 49.6 Å². The van der Waals surface area contributed by atoms with Gasteiger partial charge in [-0.15, -0.1) is 0 Å². The maximum atomic E-state index is 12.2. The van der Waals surface area contributed by atoms with E-state index in [1.165, 1.54) is 0 Å². The van der Waals surface area contributed by atoms with Crippen molar-refractivity contribution in [2.75, 3.05) is 26.3 Å². The van der Waals surface area contributed by atoms with Gasteiger partial charge in [-0.2, -0.15) is 0 Å². The lowest BCUT2D eigenvalue weighted by Crippen LogP contribution is -2.58. The molecule has 2 saturated carbocycles. The highest BCUT2D eigenvalue weighted by Crippen LogP contribution is 2.58. The number of nitrogens with one attached hydrogen (secondary N) is 1. The molecule has 3 rings (SSSR count). The largest absolute Gasteiger partial charge is 0.378 e. The van der Waals surface area contributed by atoms with Gasteiger partial charge in [0.15, 0.2) is 0 Å². The van der Waals surface area contributed by atoms with E-state index in [1.807, 2.05) is 4.90 Å². The normalized spacial score (nSPS) is 38.8. The zero-order valence-electron chi connectivity index (χ0n) is 10.6. The quantitative estimate of drug-likeness (QED) is 0.727. The number of carbonyl (C=O) groups excluding carboxylic acids is 2. The first-order valence-corrected chi connectivity index (χ1v) is 6.79. The van der Waals surface area contributed by atoms with Crippen LogP contribution >= 0.6 is 0 Å². The molecule has 3 aliphatic rings. The molecule has 18 heavy (non-hydrogen) atoms. The molecule has 1 N–H and O–H groups in total. The molecule has 0 bridgehead atoms. The van der Waals surface area contributed by atoms with Crippen molar-refractivity contribution in [1.29, 1.82) is 0 Å². The molecule has 1 saturated heterocycles. The van der Waals surface area contributed by atoms with E-state index in [2.05, 4.69) is 5.32 Å². The third kappa shape index (κ3) is 2.00. The second-order valence-electron chi connectivity index (χ2n) is 5.93. The fourth-order valence-corrected chi connectivity index (χ4v) is 3.74. The molecule has 0 aromatic heterocycles. The molecular formula is C13H20N2O3. The Kier molecular flexibility index (Phi) is 3.01. The highest BCUT2D eigenvalue weighted by molar-refractivity contribution is 5.80. The van der Waals surface area contributed by atoms with Crippen LogP contribution in [0, 0.1) is 11.3 Å². The molecule has 3 fully saturated rings. The SMILES string of the molecule is O=CNC1CC2(C1)CC(C(=O)N1CCOCC1)C2. The van der Waals surface area contributed by atoms with Crippen molar-refractivity contribution in [1.82, 2.24) is 10.2 Å². The maximum Gasteiger partial charge on any atom is 0.225 e. The standard InChI is InChI=1S/C13H20N2O3/c16-9-14-11-7-13(8-11)5-10(6-13)12(17)15-1-3-18-4-2-15/h9-11H,1-8H2,(H,14,16). The van der Waals surface area contributed by atoms with Gasteiger partial charge in [-0.25, -0.2) is 0 Å². The van der Waals surface area contributed by atoms with Gasteiger partial charge in [-0.05, 0) is 31.1 Å². The van der Waals surface area contributed by atoms with Crippen molar-refractivity contribution in [3.63, 3.8) is 0 Å². The summed E-state index contributed by atoms with van der Waals surface area (Å²) in [5.41, 5.74) is 0.368. The zero-order chi connectivity index (χ0) is 12.6. The smallest absolute Gasteiger partial charge is 0.225 e. The first kappa shape index (κ1) is 12.0. The topological polar surface area (TPSA) is 58.6 Å². The van der Waals surface area contributed by atoms with Crippen LogP contribution in [0.5, 0.6) is 0 Å². The van der Waals surface area contributed by atoms with Crippen LogP contribution in [0.2, 0.25) is 0 Å². The number of rotatable bonds is 3. The van der Waals surface area contributed by atoms with Gasteiger partial charge in [-0.3, -0.25) is 9.59 Å². The number of carbonyl (C=O) groups is 2. The van der Waals surface area contributed by atoms with E-state index in [4.69, 9.17) is 4.74 Å². The van der Waals surface area contributed by atoms with Crippen LogP contribution in [0.25, 0.3) is 0 Å². The molecule has 0 unspecified atom stereocenters. The van der Waals surface area contributed by atoms with E-state index in [1.54, 1.807) is 0 Å². The van der Waals surface area contributed by atoms with Crippen LogP contribution in [0.4, 0.5) is 0 Å². The minimum absolute atomic E-state index is 0.222. The molecule has 0 aromatic rings. The lowest BCUT2D eigenvalue weighted by molar-refractivity contribution is -0.153. The molecule has 2 amide bonds. The first-order chi connectivity index (χ1) is 8.72. The molecule has 5 heteroatoms. The van der Waals surface area contributed by atoms with E-state index in [-0.39, 0.29) is 5.92 Å². The molecule has 1 heterocycles. The summed E-state index contributed by atoms with van der Waals surface area (Å²) < 4.78 is 5.26. The van der Waals surface area contributed by atoms with Crippen LogP contribution in [0.3, 0.4) is 0 Å². The summed E-state index contributed by atoms with van der Waals surface area (Å²) >= 11 is 0. The Balaban J connectivity index is 1.45. The Bertz CT molecular complexity index is 338. The van der Waals surface area contributed by atoms with Gasteiger partial charge in [0.2, 0.25) is 12.3 Å². The molecule has 1 aliphatic heterocycles. The second kappa shape index (κ2) is 4.53. The fourth-order valence-electron chi connectivity index (χ4n) is 3.74. The van der Waals surface area contributed by atoms with E-state index in [0.29, 0.717) is 30.6 Å². The molecule has 0 aromatic carbocycles. The van der Waals surface area contributed by atoms with E-state index < -0.39 is 0 Å². The monoisotopic (exact) mass is 252 g/mol. The van der Waals surface area contributed by atoms with Gasteiger partial charge in [0, 0.05) is 25.0 Å². The van der Waals surface area contributed by atoms with Crippen molar-refractivity contribution in [2.45, 2.75) is 31.7 Å². The maximum absolute atomic E-state index is 12.2. The van der Waals surface area contributed by atoms with Crippen molar-refractivity contribution >= 4 is 12.3 Å². The average molecular weight is 252 g/mol. The van der Waals surface area contributed by atoms with Crippen molar-refractivity contribution in [3.8, 4) is 0 Å². The molecule has 100 valence electrons. The van der Waals surface area contributed by atoms with Crippen molar-refractivity contribution in [3.05, 3.63) is 0 Å². The molecule has 0 radical (unpaired) electrons. The summed E-state index contributed by atoms with van der Waals surface area (Å²) in [7, 11) is 0. The fraction of sp³-hybridized carbons (Fsp3) is 0.846. The van der Waals surface area contributed by atoms with E-state index >= 15 is 0 Å². The summed E-state index contributed by atoms with van der Waals surface area (Å²) in [5, 5.41) is 2.82. The first-order valence-electron chi connectivity index (χ1n) is 6.79. The Labute approximate surface area is 107 Å². The minimum atomic E-state index is 0.222. The van der Waals surface area contributed by atoms with Gasteiger partial charge in [0.05, 0.1) is 13.2 Å². The van der Waals surface area contributed by atoms with Gasteiger partial charge < -0.3 is 15.0 Å². The van der Waals surface area contributed by atoms with E-state index in [9.17, 15) is 9.59 Å². The van der Waals surface area contributed by atoms with E-state index in [0.717, 1.165) is 45.2 Å². The van der Waals surface area contributed by atoms with Gasteiger partial charge in [-0.1, -0.05) is 0 Å². The van der Waals surface area contributed by atoms with Crippen molar-refractivity contribution in [2.24, 2.45) is 11.3 Å². The zero-order valence-corrected chi connectivity index (χ0v) is 10.6. The molecule has 2 aliphatic carbocycles. The predicted octanol–water partition coefficient (Wildman–Crippen LogP) is 0.150. The lowest BCUT2D eigenvalue weighted by Gasteiger charge is -2.57. The highest BCUT2D eigenvalue weighted by atomic mass is 16.5. The third-order valence-electron chi connectivity index (χ3n) is 4.69. The predicted molar refractivity (Wildman–Crippen MR) is 64.8 cm³/mol. The number of morpholine rings is 1. The Morgan fingerprint density at radius 2 is 1.89 bits per heavy atom. The van der Waals surface area contributed by atoms with Gasteiger partial charge in [0.25, 0.3) is 0 Å². The van der Waals surface area contributed by atoms with Crippen molar-refractivity contribution < 1.29 is 14.3 Å². The highest BCUT2D eigenvalue weighted by Gasteiger charge is 2.55. The summed E-state index contributed by atoms with van der Waals surface area (Å²) in [6.45, 7) is 2.85. The molecule has 1 spiro atoms. The Morgan fingerprint density at radius 1 is 1.22 bits per heavy atom. The van der Waals surface area contributed by atoms with Crippen LogP contribution < -0.4 is 5.32 Å². The number of hydrogen-bond donors (Lipinski definition) is 1. The molecule has 5 nitrogen and oxygen atoms in total. The summed E-state index contributed by atoms with van der Waals surface area (Å²) in [4.78, 5) is 24.5. The van der Waals surface area contributed by atoms with Gasteiger partial charge in [0.1, 0.15) is 0 Å². The summed E-state index contributed by atoms with van der Waals surface area (Å²) in [6.07, 6.45) is 4.92. The number of ether oxygens (including phenoxy) is 1.